The van der Waals surface area contributed by atoms with Crippen molar-refractivity contribution in [3.8, 4) is 0 Å². The second-order valence-electron chi connectivity index (χ2n) is 6.09. The van der Waals surface area contributed by atoms with E-state index in [1.54, 1.807) is 0 Å². The van der Waals surface area contributed by atoms with E-state index in [-0.39, 0.29) is 5.97 Å². The topological polar surface area (TPSA) is 26.3 Å². The monoisotopic (exact) mass is 302 g/mol. The Morgan fingerprint density at radius 3 is 2.35 bits per heavy atom. The van der Waals surface area contributed by atoms with Crippen molar-refractivity contribution in [1.82, 2.24) is 0 Å². The highest BCUT2D eigenvalue weighted by molar-refractivity contribution is 6.22. The number of rotatable bonds is 2. The highest BCUT2D eigenvalue weighted by Crippen LogP contribution is 2.45. The molecule has 114 valence electrons. The van der Waals surface area contributed by atoms with Gasteiger partial charge < -0.3 is 4.74 Å². The summed E-state index contributed by atoms with van der Waals surface area (Å²) in [6, 6.07) is 18.2. The van der Waals surface area contributed by atoms with Crippen LogP contribution >= 0.6 is 0 Å². The van der Waals surface area contributed by atoms with E-state index in [2.05, 4.69) is 19.1 Å². The molecule has 2 aliphatic rings. The number of carbonyl (C=O) groups excluding carboxylic acids is 1. The number of aryl methyl sites for hydroxylation is 1. The van der Waals surface area contributed by atoms with Crippen LogP contribution in [-0.2, 0) is 9.53 Å². The lowest BCUT2D eigenvalue weighted by atomic mass is 9.85. The van der Waals surface area contributed by atoms with Gasteiger partial charge in [0.2, 0.25) is 0 Å². The number of fused-ring (bicyclic) bond motifs is 1. The van der Waals surface area contributed by atoms with Crippen LogP contribution in [-0.4, -0.2) is 5.97 Å². The summed E-state index contributed by atoms with van der Waals surface area (Å²) in [5, 5.41) is 0. The molecule has 0 saturated carbocycles. The molecule has 1 aliphatic heterocycles. The molecule has 0 spiro atoms. The minimum absolute atomic E-state index is 0.214. The Hall–Kier alpha value is -2.61. The fraction of sp³-hybridized carbons (Fsp3) is 0.190. The fourth-order valence-corrected chi connectivity index (χ4v) is 3.55. The predicted molar refractivity (Wildman–Crippen MR) is 91.4 cm³/mol. The lowest BCUT2D eigenvalue weighted by Gasteiger charge is -2.19. The van der Waals surface area contributed by atoms with Crippen LogP contribution in [0.4, 0.5) is 0 Å². The molecule has 1 aliphatic carbocycles. The molecule has 0 aromatic heterocycles. The summed E-state index contributed by atoms with van der Waals surface area (Å²) < 4.78 is 5.72. The molecule has 2 aromatic rings. The van der Waals surface area contributed by atoms with E-state index in [1.807, 2.05) is 42.5 Å². The van der Waals surface area contributed by atoms with Crippen molar-refractivity contribution < 1.29 is 9.53 Å². The van der Waals surface area contributed by atoms with Gasteiger partial charge in [0.05, 0.1) is 5.57 Å². The van der Waals surface area contributed by atoms with Crippen LogP contribution in [0.3, 0.4) is 0 Å². The van der Waals surface area contributed by atoms with Crippen LogP contribution in [0.1, 0.15) is 36.0 Å². The highest BCUT2D eigenvalue weighted by atomic mass is 16.5. The van der Waals surface area contributed by atoms with Crippen molar-refractivity contribution in [2.45, 2.75) is 26.2 Å². The Bertz CT molecular complexity index is 841. The van der Waals surface area contributed by atoms with E-state index < -0.39 is 0 Å². The summed E-state index contributed by atoms with van der Waals surface area (Å²) in [6.45, 7) is 2.11. The van der Waals surface area contributed by atoms with Gasteiger partial charge in [0.1, 0.15) is 5.76 Å². The van der Waals surface area contributed by atoms with Gasteiger partial charge in [-0.1, -0.05) is 54.6 Å². The number of allylic oxidation sites excluding steroid dienone is 2. The first-order chi connectivity index (χ1) is 11.3. The van der Waals surface area contributed by atoms with Crippen molar-refractivity contribution in [3.05, 3.63) is 82.6 Å². The molecule has 2 nitrogen and oxygen atoms in total. The largest absolute Gasteiger partial charge is 0.422 e. The van der Waals surface area contributed by atoms with Crippen molar-refractivity contribution in [3.63, 3.8) is 0 Å². The number of esters is 1. The SMILES string of the molecule is Cc1ccccc1C1=C2OC(=O)C(c3ccccc3)=C2CCC1. The van der Waals surface area contributed by atoms with Crippen molar-refractivity contribution in [2.75, 3.05) is 0 Å². The quantitative estimate of drug-likeness (QED) is 0.737. The molecule has 0 unspecified atom stereocenters. The average molecular weight is 302 g/mol. The molecule has 1 heterocycles. The predicted octanol–water partition coefficient (Wildman–Crippen LogP) is 4.90. The maximum absolute atomic E-state index is 12.5. The average Bonchev–Trinajstić information content (AvgIpc) is 2.92. The van der Waals surface area contributed by atoms with E-state index in [0.717, 1.165) is 41.7 Å². The van der Waals surface area contributed by atoms with Gasteiger partial charge in [0, 0.05) is 11.1 Å². The molecule has 0 fully saturated rings. The van der Waals surface area contributed by atoms with Gasteiger partial charge in [-0.3, -0.25) is 0 Å². The zero-order chi connectivity index (χ0) is 15.8. The Kier molecular flexibility index (Phi) is 3.38. The normalized spacial score (nSPS) is 17.3. The van der Waals surface area contributed by atoms with Gasteiger partial charge in [0.25, 0.3) is 0 Å². The standard InChI is InChI=1S/C21H18O2/c1-14-8-5-6-11-16(14)17-12-7-13-18-19(21(22)23-20(17)18)15-9-3-2-4-10-15/h2-6,8-11H,7,12-13H2,1H3. The van der Waals surface area contributed by atoms with Gasteiger partial charge >= 0.3 is 5.97 Å². The van der Waals surface area contributed by atoms with E-state index >= 15 is 0 Å². The third-order valence-corrected chi connectivity index (χ3v) is 4.64. The molecule has 2 aromatic carbocycles. The van der Waals surface area contributed by atoms with Crippen molar-refractivity contribution in [2.24, 2.45) is 0 Å². The lowest BCUT2D eigenvalue weighted by molar-refractivity contribution is -0.131. The maximum Gasteiger partial charge on any atom is 0.344 e. The van der Waals surface area contributed by atoms with Crippen molar-refractivity contribution >= 4 is 17.1 Å². The molecule has 0 N–H and O–H groups in total. The summed E-state index contributed by atoms with van der Waals surface area (Å²) in [5.41, 5.74) is 6.36. The smallest absolute Gasteiger partial charge is 0.344 e. The summed E-state index contributed by atoms with van der Waals surface area (Å²) in [5.74, 6) is 0.587. The minimum atomic E-state index is -0.214. The third-order valence-electron chi connectivity index (χ3n) is 4.64. The third kappa shape index (κ3) is 2.31. The first-order valence-electron chi connectivity index (χ1n) is 8.06. The maximum atomic E-state index is 12.5. The first kappa shape index (κ1) is 14.0. The highest BCUT2D eigenvalue weighted by Gasteiger charge is 2.35. The molecule has 2 heteroatoms. The van der Waals surface area contributed by atoms with Crippen LogP contribution in [0.2, 0.25) is 0 Å². The van der Waals surface area contributed by atoms with E-state index in [4.69, 9.17) is 4.74 Å². The van der Waals surface area contributed by atoms with E-state index in [1.165, 1.54) is 16.7 Å². The van der Waals surface area contributed by atoms with Crippen LogP contribution in [0.25, 0.3) is 11.1 Å². The Labute approximate surface area is 136 Å². The summed E-state index contributed by atoms with van der Waals surface area (Å²) in [4.78, 5) is 12.5. The summed E-state index contributed by atoms with van der Waals surface area (Å²) in [7, 11) is 0. The van der Waals surface area contributed by atoms with Gasteiger partial charge in [-0.15, -0.1) is 0 Å². The minimum Gasteiger partial charge on any atom is -0.422 e. The molecule has 0 atom stereocenters. The Morgan fingerprint density at radius 1 is 0.870 bits per heavy atom. The molecular formula is C21H18O2. The number of hydrogen-bond acceptors (Lipinski definition) is 2. The van der Waals surface area contributed by atoms with Crippen LogP contribution in [0.15, 0.2) is 65.9 Å². The van der Waals surface area contributed by atoms with Crippen LogP contribution < -0.4 is 0 Å². The summed E-state index contributed by atoms with van der Waals surface area (Å²) >= 11 is 0. The summed E-state index contributed by atoms with van der Waals surface area (Å²) in [6.07, 6.45) is 2.91. The molecule has 0 radical (unpaired) electrons. The number of benzene rings is 2. The number of carbonyl (C=O) groups is 1. The van der Waals surface area contributed by atoms with E-state index in [9.17, 15) is 4.79 Å². The first-order valence-corrected chi connectivity index (χ1v) is 8.06. The second-order valence-corrected chi connectivity index (χ2v) is 6.09. The Morgan fingerprint density at radius 2 is 1.57 bits per heavy atom. The van der Waals surface area contributed by atoms with Gasteiger partial charge in [0.15, 0.2) is 0 Å². The number of ether oxygens (including phenoxy) is 1. The zero-order valence-corrected chi connectivity index (χ0v) is 13.1. The zero-order valence-electron chi connectivity index (χ0n) is 13.1. The number of hydrogen-bond donors (Lipinski definition) is 0. The lowest BCUT2D eigenvalue weighted by Crippen LogP contribution is -2.03. The molecule has 23 heavy (non-hydrogen) atoms. The van der Waals surface area contributed by atoms with Gasteiger partial charge in [-0.05, 0) is 42.9 Å². The molecule has 0 amide bonds. The van der Waals surface area contributed by atoms with Crippen LogP contribution in [0.5, 0.6) is 0 Å². The molecule has 0 bridgehead atoms. The van der Waals surface area contributed by atoms with Gasteiger partial charge in [-0.2, -0.15) is 0 Å². The van der Waals surface area contributed by atoms with Crippen molar-refractivity contribution in [1.29, 1.82) is 0 Å². The fourth-order valence-electron chi connectivity index (χ4n) is 3.55. The second kappa shape index (κ2) is 5.54. The Balaban J connectivity index is 1.91. The molecule has 0 saturated heterocycles. The van der Waals surface area contributed by atoms with Gasteiger partial charge in [-0.25, -0.2) is 4.79 Å². The molecular weight excluding hydrogens is 284 g/mol. The van der Waals surface area contributed by atoms with Crippen LogP contribution in [0, 0.1) is 6.92 Å². The molecule has 4 rings (SSSR count). The van der Waals surface area contributed by atoms with E-state index in [0.29, 0.717) is 0 Å².